The SMILES string of the molecule is C=C(C)CN(CC)C(=O)C(N)c1cnn(C)c1. The van der Waals surface area contributed by atoms with Crippen molar-refractivity contribution in [3.8, 4) is 0 Å². The molecule has 1 unspecified atom stereocenters. The van der Waals surface area contributed by atoms with E-state index in [4.69, 9.17) is 5.73 Å². The molecule has 0 spiro atoms. The maximum absolute atomic E-state index is 12.1. The van der Waals surface area contributed by atoms with E-state index in [1.54, 1.807) is 29.0 Å². The number of carbonyl (C=O) groups excluding carboxylic acids is 1. The molecule has 1 aromatic heterocycles. The molecule has 1 rings (SSSR count). The third-order valence-electron chi connectivity index (χ3n) is 2.50. The summed E-state index contributed by atoms with van der Waals surface area (Å²) in [6.45, 7) is 8.80. The van der Waals surface area contributed by atoms with E-state index in [1.165, 1.54) is 0 Å². The predicted molar refractivity (Wildman–Crippen MR) is 67.2 cm³/mol. The number of likely N-dealkylation sites (N-methyl/N-ethyl adjacent to an activating group) is 1. The minimum atomic E-state index is -0.650. The Kier molecular flexibility index (Phi) is 4.45. The lowest BCUT2D eigenvalue weighted by atomic mass is 10.1. The van der Waals surface area contributed by atoms with Crippen molar-refractivity contribution >= 4 is 5.91 Å². The highest BCUT2D eigenvalue weighted by Gasteiger charge is 2.22. The van der Waals surface area contributed by atoms with Crippen LogP contribution in [0.5, 0.6) is 0 Å². The Labute approximate surface area is 102 Å². The van der Waals surface area contributed by atoms with Crippen LogP contribution in [0.3, 0.4) is 0 Å². The lowest BCUT2D eigenvalue weighted by molar-refractivity contribution is -0.132. The molecule has 1 heterocycles. The molecule has 0 aliphatic rings. The molecule has 5 heteroatoms. The van der Waals surface area contributed by atoms with Gasteiger partial charge in [-0.05, 0) is 13.8 Å². The second-order valence-corrected chi connectivity index (χ2v) is 4.23. The summed E-state index contributed by atoms with van der Waals surface area (Å²) in [4.78, 5) is 13.8. The van der Waals surface area contributed by atoms with Gasteiger partial charge in [0, 0.05) is 31.9 Å². The van der Waals surface area contributed by atoms with E-state index >= 15 is 0 Å². The number of amides is 1. The molecule has 0 saturated heterocycles. The molecule has 1 aromatic rings. The minimum Gasteiger partial charge on any atom is -0.337 e. The quantitative estimate of drug-likeness (QED) is 0.771. The summed E-state index contributed by atoms with van der Waals surface area (Å²) in [6.07, 6.45) is 3.38. The minimum absolute atomic E-state index is 0.0940. The molecule has 17 heavy (non-hydrogen) atoms. The van der Waals surface area contributed by atoms with Gasteiger partial charge in [-0.25, -0.2) is 0 Å². The van der Waals surface area contributed by atoms with Crippen molar-refractivity contribution in [2.75, 3.05) is 13.1 Å². The largest absolute Gasteiger partial charge is 0.337 e. The molecule has 0 aliphatic carbocycles. The van der Waals surface area contributed by atoms with Crippen LogP contribution < -0.4 is 5.73 Å². The molecular weight excluding hydrogens is 216 g/mol. The van der Waals surface area contributed by atoms with E-state index in [9.17, 15) is 4.79 Å². The molecule has 0 saturated carbocycles. The Morgan fingerprint density at radius 1 is 1.71 bits per heavy atom. The van der Waals surface area contributed by atoms with Gasteiger partial charge >= 0.3 is 0 Å². The fourth-order valence-electron chi connectivity index (χ4n) is 1.61. The topological polar surface area (TPSA) is 64.2 Å². The van der Waals surface area contributed by atoms with Crippen LogP contribution in [-0.2, 0) is 11.8 Å². The van der Waals surface area contributed by atoms with Crippen LogP contribution in [0.2, 0.25) is 0 Å². The van der Waals surface area contributed by atoms with Gasteiger partial charge in [0.25, 0.3) is 0 Å². The molecule has 0 radical (unpaired) electrons. The highest BCUT2D eigenvalue weighted by Crippen LogP contribution is 2.12. The van der Waals surface area contributed by atoms with Crippen molar-refractivity contribution in [3.63, 3.8) is 0 Å². The van der Waals surface area contributed by atoms with Crippen LogP contribution in [-0.4, -0.2) is 33.7 Å². The van der Waals surface area contributed by atoms with Gasteiger partial charge < -0.3 is 10.6 Å². The van der Waals surface area contributed by atoms with Crippen molar-refractivity contribution in [1.82, 2.24) is 14.7 Å². The monoisotopic (exact) mass is 236 g/mol. The average Bonchev–Trinajstić information content (AvgIpc) is 2.70. The number of hydrogen-bond donors (Lipinski definition) is 1. The summed E-state index contributed by atoms with van der Waals surface area (Å²) in [5.41, 5.74) is 7.61. The van der Waals surface area contributed by atoms with Crippen molar-refractivity contribution in [3.05, 3.63) is 30.1 Å². The maximum atomic E-state index is 12.1. The van der Waals surface area contributed by atoms with Crippen LogP contribution in [0.4, 0.5) is 0 Å². The highest BCUT2D eigenvalue weighted by atomic mass is 16.2. The van der Waals surface area contributed by atoms with E-state index in [1.807, 2.05) is 13.8 Å². The summed E-state index contributed by atoms with van der Waals surface area (Å²) < 4.78 is 1.64. The summed E-state index contributed by atoms with van der Waals surface area (Å²) in [5, 5.41) is 4.01. The van der Waals surface area contributed by atoms with Crippen molar-refractivity contribution < 1.29 is 4.79 Å². The summed E-state index contributed by atoms with van der Waals surface area (Å²) in [5.74, 6) is -0.0940. The molecule has 94 valence electrons. The number of hydrogen-bond acceptors (Lipinski definition) is 3. The van der Waals surface area contributed by atoms with E-state index in [0.717, 1.165) is 11.1 Å². The third kappa shape index (κ3) is 3.42. The zero-order chi connectivity index (χ0) is 13.0. The van der Waals surface area contributed by atoms with Crippen molar-refractivity contribution in [2.24, 2.45) is 12.8 Å². The number of nitrogens with two attached hydrogens (primary N) is 1. The molecule has 0 fully saturated rings. The molecule has 0 aliphatic heterocycles. The van der Waals surface area contributed by atoms with Gasteiger partial charge in [-0.1, -0.05) is 12.2 Å². The molecule has 1 amide bonds. The van der Waals surface area contributed by atoms with Crippen LogP contribution in [0.15, 0.2) is 24.5 Å². The van der Waals surface area contributed by atoms with E-state index in [0.29, 0.717) is 13.1 Å². The molecule has 0 bridgehead atoms. The number of rotatable bonds is 5. The fourth-order valence-corrected chi connectivity index (χ4v) is 1.61. The Morgan fingerprint density at radius 2 is 2.35 bits per heavy atom. The lowest BCUT2D eigenvalue weighted by Gasteiger charge is -2.23. The van der Waals surface area contributed by atoms with Gasteiger partial charge in [-0.2, -0.15) is 5.10 Å². The first-order valence-corrected chi connectivity index (χ1v) is 5.63. The Morgan fingerprint density at radius 3 is 2.76 bits per heavy atom. The second kappa shape index (κ2) is 5.63. The third-order valence-corrected chi connectivity index (χ3v) is 2.50. The molecule has 1 atom stereocenters. The second-order valence-electron chi connectivity index (χ2n) is 4.23. The summed E-state index contributed by atoms with van der Waals surface area (Å²) >= 11 is 0. The molecule has 5 nitrogen and oxygen atoms in total. The normalized spacial score (nSPS) is 12.2. The Balaban J connectivity index is 2.77. The molecule has 0 aromatic carbocycles. The standard InChI is InChI=1S/C12H20N4O/c1-5-16(7-9(2)3)12(17)11(13)10-6-14-15(4)8-10/h6,8,11H,2,5,7,13H2,1,3-4H3. The average molecular weight is 236 g/mol. The van der Waals surface area contributed by atoms with Gasteiger partial charge in [0.2, 0.25) is 5.91 Å². The van der Waals surface area contributed by atoms with Crippen LogP contribution in [0, 0.1) is 0 Å². The predicted octanol–water partition coefficient (Wildman–Crippen LogP) is 0.844. The van der Waals surface area contributed by atoms with E-state index in [2.05, 4.69) is 11.7 Å². The van der Waals surface area contributed by atoms with Crippen molar-refractivity contribution in [2.45, 2.75) is 19.9 Å². The van der Waals surface area contributed by atoms with E-state index in [-0.39, 0.29) is 5.91 Å². The number of aromatic nitrogens is 2. The maximum Gasteiger partial charge on any atom is 0.244 e. The van der Waals surface area contributed by atoms with Gasteiger partial charge in [-0.15, -0.1) is 0 Å². The summed E-state index contributed by atoms with van der Waals surface area (Å²) in [7, 11) is 1.80. The zero-order valence-corrected chi connectivity index (χ0v) is 10.7. The summed E-state index contributed by atoms with van der Waals surface area (Å²) in [6, 6.07) is -0.650. The smallest absolute Gasteiger partial charge is 0.244 e. The van der Waals surface area contributed by atoms with Crippen LogP contribution >= 0.6 is 0 Å². The molecular formula is C12H20N4O. The van der Waals surface area contributed by atoms with E-state index < -0.39 is 6.04 Å². The van der Waals surface area contributed by atoms with Gasteiger partial charge in [0.05, 0.1) is 6.20 Å². The van der Waals surface area contributed by atoms with Crippen molar-refractivity contribution in [1.29, 1.82) is 0 Å². The van der Waals surface area contributed by atoms with Gasteiger partial charge in [-0.3, -0.25) is 9.48 Å². The highest BCUT2D eigenvalue weighted by molar-refractivity contribution is 5.83. The number of carbonyl (C=O) groups is 1. The molecule has 2 N–H and O–H groups in total. The number of aryl methyl sites for hydroxylation is 1. The first-order valence-electron chi connectivity index (χ1n) is 5.63. The Hall–Kier alpha value is -1.62. The van der Waals surface area contributed by atoms with Gasteiger partial charge in [0.15, 0.2) is 0 Å². The Bertz CT molecular complexity index is 410. The van der Waals surface area contributed by atoms with Crippen LogP contribution in [0.25, 0.3) is 0 Å². The first kappa shape index (κ1) is 13.4. The first-order chi connectivity index (χ1) is 7.95. The van der Waals surface area contributed by atoms with Crippen LogP contribution in [0.1, 0.15) is 25.5 Å². The fraction of sp³-hybridized carbons (Fsp3) is 0.500. The number of nitrogens with zero attached hydrogens (tertiary/aromatic N) is 3. The lowest BCUT2D eigenvalue weighted by Crippen LogP contribution is -2.39. The zero-order valence-electron chi connectivity index (χ0n) is 10.7. The van der Waals surface area contributed by atoms with Gasteiger partial charge in [0.1, 0.15) is 6.04 Å².